The summed E-state index contributed by atoms with van der Waals surface area (Å²) in [5.41, 5.74) is 2.53. The highest BCUT2D eigenvalue weighted by Crippen LogP contribution is 2.24. The maximum Gasteiger partial charge on any atom is 0.257 e. The van der Waals surface area contributed by atoms with Crippen LogP contribution >= 0.6 is 15.9 Å². The van der Waals surface area contributed by atoms with Crippen molar-refractivity contribution in [1.82, 2.24) is 4.98 Å². The van der Waals surface area contributed by atoms with Crippen molar-refractivity contribution in [3.05, 3.63) is 76.4 Å². The lowest BCUT2D eigenvalue weighted by molar-refractivity contribution is -0.118. The molecule has 0 atom stereocenters. The first-order valence-corrected chi connectivity index (χ1v) is 10.2. The Labute approximate surface area is 183 Å². The zero-order valence-corrected chi connectivity index (χ0v) is 18.5. The van der Waals surface area contributed by atoms with Crippen LogP contribution in [0.15, 0.2) is 65.3 Å². The molecule has 0 aliphatic carbocycles. The summed E-state index contributed by atoms with van der Waals surface area (Å²) >= 11 is 3.39. The fraction of sp³-hybridized carbons (Fsp3) is 0.174. The van der Waals surface area contributed by atoms with Gasteiger partial charge in [0.2, 0.25) is 11.8 Å². The minimum atomic E-state index is -0.299. The molecule has 2 N–H and O–H groups in total. The molecule has 0 fully saturated rings. The van der Waals surface area contributed by atoms with E-state index in [0.717, 1.165) is 10.0 Å². The zero-order valence-electron chi connectivity index (χ0n) is 16.9. The van der Waals surface area contributed by atoms with Gasteiger partial charge < -0.3 is 15.4 Å². The largest absolute Gasteiger partial charge is 0.439 e. The predicted octanol–water partition coefficient (Wildman–Crippen LogP) is 5.79. The average Bonchev–Trinajstić information content (AvgIpc) is 2.71. The summed E-state index contributed by atoms with van der Waals surface area (Å²) in [6.45, 7) is 5.53. The van der Waals surface area contributed by atoms with Crippen LogP contribution in [0.1, 0.15) is 29.8 Å². The topological polar surface area (TPSA) is 80.3 Å². The van der Waals surface area contributed by atoms with Gasteiger partial charge in [-0.25, -0.2) is 4.98 Å². The summed E-state index contributed by atoms with van der Waals surface area (Å²) < 4.78 is 6.59. The number of aromatic nitrogens is 1. The van der Waals surface area contributed by atoms with Gasteiger partial charge in [0.25, 0.3) is 5.91 Å². The maximum absolute atomic E-state index is 12.6. The molecule has 0 aliphatic heterocycles. The van der Waals surface area contributed by atoms with Crippen molar-refractivity contribution in [2.24, 2.45) is 5.92 Å². The van der Waals surface area contributed by atoms with Gasteiger partial charge in [-0.15, -0.1) is 0 Å². The number of pyridine rings is 1. The Morgan fingerprint density at radius 2 is 1.83 bits per heavy atom. The smallest absolute Gasteiger partial charge is 0.257 e. The number of carbonyl (C=O) groups excluding carboxylic acids is 2. The summed E-state index contributed by atoms with van der Waals surface area (Å²) in [6.07, 6.45) is 1.46. The van der Waals surface area contributed by atoms with E-state index in [0.29, 0.717) is 28.6 Å². The Bertz CT molecular complexity index is 1070. The van der Waals surface area contributed by atoms with Gasteiger partial charge in [-0.05, 0) is 48.9 Å². The fourth-order valence-corrected chi connectivity index (χ4v) is 2.92. The number of amides is 2. The summed E-state index contributed by atoms with van der Waals surface area (Å²) in [4.78, 5) is 28.8. The van der Waals surface area contributed by atoms with E-state index in [9.17, 15) is 9.59 Å². The molecular weight excluding hydrogens is 446 g/mol. The number of hydrogen-bond donors (Lipinski definition) is 2. The third-order valence-electron chi connectivity index (χ3n) is 4.29. The number of benzene rings is 2. The number of carbonyl (C=O) groups is 2. The van der Waals surface area contributed by atoms with Crippen molar-refractivity contribution < 1.29 is 14.3 Å². The fourth-order valence-electron chi connectivity index (χ4n) is 2.54. The SMILES string of the molecule is Cc1ccc(NC(=O)C(C)C)cc1NC(=O)c1ccc(Oc2cccc(Br)c2)nc1. The van der Waals surface area contributed by atoms with Crippen LogP contribution in [0.2, 0.25) is 0 Å². The van der Waals surface area contributed by atoms with Crippen molar-refractivity contribution in [3.8, 4) is 11.6 Å². The van der Waals surface area contributed by atoms with Crippen LogP contribution < -0.4 is 15.4 Å². The molecule has 0 unspecified atom stereocenters. The Kier molecular flexibility index (Phi) is 6.84. The molecule has 0 saturated heterocycles. The molecule has 2 amide bonds. The highest BCUT2D eigenvalue weighted by atomic mass is 79.9. The number of nitrogens with zero attached hydrogens (tertiary/aromatic N) is 1. The highest BCUT2D eigenvalue weighted by molar-refractivity contribution is 9.10. The molecule has 2 aromatic carbocycles. The Balaban J connectivity index is 1.69. The lowest BCUT2D eigenvalue weighted by atomic mass is 10.1. The molecule has 0 spiro atoms. The summed E-state index contributed by atoms with van der Waals surface area (Å²) in [6, 6.07) is 16.1. The van der Waals surface area contributed by atoms with E-state index in [1.807, 2.05) is 51.1 Å². The van der Waals surface area contributed by atoms with Gasteiger partial charge in [0.15, 0.2) is 0 Å². The monoisotopic (exact) mass is 467 g/mol. The predicted molar refractivity (Wildman–Crippen MR) is 121 cm³/mol. The van der Waals surface area contributed by atoms with Crippen molar-refractivity contribution in [3.63, 3.8) is 0 Å². The molecule has 3 rings (SSSR count). The quantitative estimate of drug-likeness (QED) is 0.480. The van der Waals surface area contributed by atoms with Gasteiger partial charge in [-0.1, -0.05) is 41.9 Å². The van der Waals surface area contributed by atoms with Gasteiger partial charge in [0.1, 0.15) is 5.75 Å². The van der Waals surface area contributed by atoms with E-state index >= 15 is 0 Å². The van der Waals surface area contributed by atoms with Crippen molar-refractivity contribution in [2.45, 2.75) is 20.8 Å². The number of hydrogen-bond acceptors (Lipinski definition) is 4. The number of anilines is 2. The third-order valence-corrected chi connectivity index (χ3v) is 4.79. The van der Waals surface area contributed by atoms with Crippen LogP contribution in [0, 0.1) is 12.8 Å². The minimum Gasteiger partial charge on any atom is -0.439 e. The highest BCUT2D eigenvalue weighted by Gasteiger charge is 2.12. The molecule has 30 heavy (non-hydrogen) atoms. The first kappa shape index (κ1) is 21.5. The van der Waals surface area contributed by atoms with Crippen molar-refractivity contribution in [2.75, 3.05) is 10.6 Å². The second-order valence-corrected chi connectivity index (χ2v) is 7.99. The number of ether oxygens (including phenoxy) is 1. The first-order chi connectivity index (χ1) is 14.3. The van der Waals surface area contributed by atoms with E-state index in [-0.39, 0.29) is 17.7 Å². The lowest BCUT2D eigenvalue weighted by Crippen LogP contribution is -2.18. The molecule has 1 heterocycles. The van der Waals surface area contributed by atoms with Gasteiger partial charge in [0.05, 0.1) is 5.56 Å². The zero-order chi connectivity index (χ0) is 21.7. The van der Waals surface area contributed by atoms with E-state index in [1.54, 1.807) is 24.3 Å². The normalized spacial score (nSPS) is 10.6. The average molecular weight is 468 g/mol. The van der Waals surface area contributed by atoms with Gasteiger partial charge in [0, 0.05) is 34.0 Å². The van der Waals surface area contributed by atoms with Crippen LogP contribution in [0.25, 0.3) is 0 Å². The molecule has 154 valence electrons. The summed E-state index contributed by atoms with van der Waals surface area (Å²) in [5, 5.41) is 5.70. The Morgan fingerprint density at radius 1 is 1.03 bits per heavy atom. The van der Waals surface area contributed by atoms with E-state index < -0.39 is 0 Å². The Morgan fingerprint density at radius 3 is 2.50 bits per heavy atom. The lowest BCUT2D eigenvalue weighted by Gasteiger charge is -2.13. The number of nitrogens with one attached hydrogen (secondary N) is 2. The molecule has 6 nitrogen and oxygen atoms in total. The second kappa shape index (κ2) is 9.54. The standard InChI is InChI=1S/C23H22BrN3O3/c1-14(2)22(28)26-18-9-7-15(3)20(12-18)27-23(29)16-8-10-21(25-13-16)30-19-6-4-5-17(24)11-19/h4-14H,1-3H3,(H,26,28)(H,27,29). The molecule has 7 heteroatoms. The van der Waals surface area contributed by atoms with Crippen molar-refractivity contribution in [1.29, 1.82) is 0 Å². The molecule has 0 bridgehead atoms. The minimum absolute atomic E-state index is 0.0821. The molecule has 0 radical (unpaired) electrons. The van der Waals surface area contributed by atoms with Crippen molar-refractivity contribution >= 4 is 39.1 Å². The summed E-state index contributed by atoms with van der Waals surface area (Å²) in [5.74, 6) is 0.519. The van der Waals surface area contributed by atoms with Crippen LogP contribution in [0.3, 0.4) is 0 Å². The van der Waals surface area contributed by atoms with Crippen LogP contribution in [0.5, 0.6) is 11.6 Å². The van der Waals surface area contributed by atoms with Gasteiger partial charge in [-0.3, -0.25) is 9.59 Å². The van der Waals surface area contributed by atoms with Gasteiger partial charge in [-0.2, -0.15) is 0 Å². The number of rotatable bonds is 6. The molecule has 0 aliphatic rings. The second-order valence-electron chi connectivity index (χ2n) is 7.07. The van der Waals surface area contributed by atoms with Crippen LogP contribution in [0.4, 0.5) is 11.4 Å². The summed E-state index contributed by atoms with van der Waals surface area (Å²) in [7, 11) is 0. The van der Waals surface area contributed by atoms with E-state index in [4.69, 9.17) is 4.74 Å². The molecular formula is C23H22BrN3O3. The first-order valence-electron chi connectivity index (χ1n) is 9.44. The molecule has 0 saturated carbocycles. The Hall–Kier alpha value is -3.19. The number of halogens is 1. The number of aryl methyl sites for hydroxylation is 1. The maximum atomic E-state index is 12.6. The van der Waals surface area contributed by atoms with Crippen LogP contribution in [-0.4, -0.2) is 16.8 Å². The third kappa shape index (κ3) is 5.67. The molecule has 3 aromatic rings. The van der Waals surface area contributed by atoms with E-state index in [2.05, 4.69) is 31.5 Å². The van der Waals surface area contributed by atoms with Gasteiger partial charge >= 0.3 is 0 Å². The molecule has 1 aromatic heterocycles. The van der Waals surface area contributed by atoms with E-state index in [1.165, 1.54) is 6.20 Å². The van der Waals surface area contributed by atoms with Crippen LogP contribution in [-0.2, 0) is 4.79 Å².